The van der Waals surface area contributed by atoms with Gasteiger partial charge in [-0.1, -0.05) is 0 Å². The van der Waals surface area contributed by atoms with Gasteiger partial charge in [-0.2, -0.15) is 0 Å². The second-order valence-electron chi connectivity index (χ2n) is 2.64. The highest BCUT2D eigenvalue weighted by Crippen LogP contribution is 2.24. The van der Waals surface area contributed by atoms with Crippen molar-refractivity contribution < 1.29 is 24.0 Å². The molecule has 1 aromatic rings. The Balaban J connectivity index is 3.24. The molecule has 16 heavy (non-hydrogen) atoms. The van der Waals surface area contributed by atoms with Gasteiger partial charge in [0.15, 0.2) is 0 Å². The van der Waals surface area contributed by atoms with Crippen LogP contribution in [0.1, 0.15) is 10.4 Å². The van der Waals surface area contributed by atoms with Crippen LogP contribution in [0.2, 0.25) is 0 Å². The molecule has 0 aliphatic carbocycles. The fourth-order valence-corrected chi connectivity index (χ4v) is 1.07. The van der Waals surface area contributed by atoms with Crippen LogP contribution in [0.3, 0.4) is 0 Å². The molecule has 0 radical (unpaired) electrons. The maximum Gasteiger partial charge on any atom is 0.344 e. The second-order valence-corrected chi connectivity index (χ2v) is 2.64. The number of nitro benzene ring substituents is 1. The molecule has 0 fully saturated rings. The predicted molar refractivity (Wildman–Crippen MR) is 51.1 cm³/mol. The van der Waals surface area contributed by atoms with Crippen molar-refractivity contribution >= 4 is 18.1 Å². The number of benzene rings is 1. The van der Waals surface area contributed by atoms with Crippen LogP contribution < -0.4 is 4.74 Å². The number of methoxy groups -OCH3 is 1. The van der Waals surface area contributed by atoms with Crippen molar-refractivity contribution in [3.05, 3.63) is 33.9 Å². The molecular formula is C9H7NO6. The van der Waals surface area contributed by atoms with E-state index in [1.165, 1.54) is 6.07 Å². The van der Waals surface area contributed by atoms with Gasteiger partial charge in [0.1, 0.15) is 11.3 Å². The van der Waals surface area contributed by atoms with Crippen molar-refractivity contribution in [3.63, 3.8) is 0 Å². The summed E-state index contributed by atoms with van der Waals surface area (Å²) in [6, 6.07) is 3.39. The summed E-state index contributed by atoms with van der Waals surface area (Å²) in [5.41, 5.74) is -0.683. The van der Waals surface area contributed by atoms with Crippen LogP contribution in [0.15, 0.2) is 18.2 Å². The van der Waals surface area contributed by atoms with Crippen LogP contribution in [-0.4, -0.2) is 24.5 Å². The summed E-state index contributed by atoms with van der Waals surface area (Å²) in [5, 5.41) is 10.7. The normalized spacial score (nSPS) is 9.31. The molecule has 7 nitrogen and oxygen atoms in total. The van der Waals surface area contributed by atoms with E-state index in [4.69, 9.17) is 0 Å². The Bertz CT molecular complexity index is 442. The first-order valence-electron chi connectivity index (χ1n) is 4.07. The van der Waals surface area contributed by atoms with Crippen molar-refractivity contribution in [2.75, 3.05) is 7.11 Å². The highest BCUT2D eigenvalue weighted by molar-refractivity contribution is 5.94. The SMILES string of the molecule is COC(=O)c1ccc(OC=O)cc1[N+](=O)[O-]. The Morgan fingerprint density at radius 1 is 1.50 bits per heavy atom. The lowest BCUT2D eigenvalue weighted by Crippen LogP contribution is -2.05. The molecule has 0 heterocycles. The fraction of sp³-hybridized carbons (Fsp3) is 0.111. The Labute approximate surface area is 89.7 Å². The average Bonchev–Trinajstić information content (AvgIpc) is 2.28. The van der Waals surface area contributed by atoms with Gasteiger partial charge in [0.05, 0.1) is 18.1 Å². The van der Waals surface area contributed by atoms with E-state index in [1.54, 1.807) is 0 Å². The van der Waals surface area contributed by atoms with Gasteiger partial charge in [-0.3, -0.25) is 14.9 Å². The molecule has 0 unspecified atom stereocenters. The van der Waals surface area contributed by atoms with E-state index in [0.29, 0.717) is 0 Å². The fourth-order valence-electron chi connectivity index (χ4n) is 1.07. The van der Waals surface area contributed by atoms with E-state index in [2.05, 4.69) is 9.47 Å². The lowest BCUT2D eigenvalue weighted by atomic mass is 10.2. The summed E-state index contributed by atoms with van der Waals surface area (Å²) in [7, 11) is 1.11. The second kappa shape index (κ2) is 4.87. The third kappa shape index (κ3) is 2.32. The van der Waals surface area contributed by atoms with Gasteiger partial charge in [0.2, 0.25) is 0 Å². The third-order valence-corrected chi connectivity index (χ3v) is 1.76. The predicted octanol–water partition coefficient (Wildman–Crippen LogP) is 0.917. The first-order chi connectivity index (χ1) is 7.60. The minimum Gasteiger partial charge on any atom is -0.465 e. The minimum atomic E-state index is -0.829. The van der Waals surface area contributed by atoms with E-state index >= 15 is 0 Å². The van der Waals surface area contributed by atoms with Gasteiger partial charge in [0, 0.05) is 0 Å². The highest BCUT2D eigenvalue weighted by Gasteiger charge is 2.21. The van der Waals surface area contributed by atoms with Crippen LogP contribution in [-0.2, 0) is 9.53 Å². The summed E-state index contributed by atoms with van der Waals surface area (Å²) >= 11 is 0. The lowest BCUT2D eigenvalue weighted by molar-refractivity contribution is -0.385. The number of rotatable bonds is 4. The Morgan fingerprint density at radius 2 is 2.19 bits per heavy atom. The number of hydrogen-bond donors (Lipinski definition) is 0. The molecule has 0 aromatic heterocycles. The molecule has 0 N–H and O–H groups in total. The molecule has 84 valence electrons. The van der Waals surface area contributed by atoms with E-state index in [0.717, 1.165) is 19.2 Å². The minimum absolute atomic E-state index is 0.0191. The molecule has 0 aliphatic heterocycles. The van der Waals surface area contributed by atoms with Crippen LogP contribution in [0, 0.1) is 10.1 Å². The molecule has 1 rings (SSSR count). The van der Waals surface area contributed by atoms with Crippen molar-refractivity contribution in [3.8, 4) is 5.75 Å². The van der Waals surface area contributed by atoms with E-state index < -0.39 is 16.6 Å². The van der Waals surface area contributed by atoms with Crippen molar-refractivity contribution in [1.82, 2.24) is 0 Å². The van der Waals surface area contributed by atoms with Crippen molar-refractivity contribution in [1.29, 1.82) is 0 Å². The van der Waals surface area contributed by atoms with Crippen LogP contribution in [0.4, 0.5) is 5.69 Å². The molecule has 0 atom stereocenters. The summed E-state index contributed by atoms with van der Waals surface area (Å²) in [6.45, 7) is 0.136. The van der Waals surface area contributed by atoms with Crippen molar-refractivity contribution in [2.24, 2.45) is 0 Å². The van der Waals surface area contributed by atoms with Gasteiger partial charge >= 0.3 is 5.97 Å². The maximum absolute atomic E-state index is 11.2. The molecule has 0 amide bonds. The Kier molecular flexibility index (Phi) is 3.54. The smallest absolute Gasteiger partial charge is 0.344 e. The zero-order valence-electron chi connectivity index (χ0n) is 8.21. The Morgan fingerprint density at radius 3 is 2.69 bits per heavy atom. The van der Waals surface area contributed by atoms with E-state index in [9.17, 15) is 19.7 Å². The topological polar surface area (TPSA) is 95.7 Å². The zero-order chi connectivity index (χ0) is 12.1. The quantitative estimate of drug-likeness (QED) is 0.327. The molecule has 0 saturated heterocycles. The van der Waals surface area contributed by atoms with Gasteiger partial charge in [-0.15, -0.1) is 0 Å². The van der Waals surface area contributed by atoms with E-state index in [-0.39, 0.29) is 17.8 Å². The Hall–Kier alpha value is -2.44. The largest absolute Gasteiger partial charge is 0.465 e. The molecular weight excluding hydrogens is 218 g/mol. The highest BCUT2D eigenvalue weighted by atomic mass is 16.6. The van der Waals surface area contributed by atoms with Gasteiger partial charge in [0.25, 0.3) is 12.2 Å². The molecule has 0 saturated carbocycles. The zero-order valence-corrected chi connectivity index (χ0v) is 8.21. The number of hydrogen-bond acceptors (Lipinski definition) is 6. The van der Waals surface area contributed by atoms with E-state index in [1.807, 2.05) is 0 Å². The summed E-state index contributed by atoms with van der Waals surface area (Å²) < 4.78 is 8.80. The van der Waals surface area contributed by atoms with Crippen LogP contribution >= 0.6 is 0 Å². The van der Waals surface area contributed by atoms with Gasteiger partial charge < -0.3 is 9.47 Å². The first-order valence-corrected chi connectivity index (χ1v) is 4.07. The summed E-state index contributed by atoms with van der Waals surface area (Å²) in [6.07, 6.45) is 0. The van der Waals surface area contributed by atoms with Crippen LogP contribution in [0.5, 0.6) is 5.75 Å². The summed E-state index contributed by atoms with van der Waals surface area (Å²) in [4.78, 5) is 31.1. The number of ether oxygens (including phenoxy) is 2. The molecule has 0 spiro atoms. The van der Waals surface area contributed by atoms with Crippen molar-refractivity contribution in [2.45, 2.75) is 0 Å². The molecule has 7 heteroatoms. The standard InChI is InChI=1S/C9H7NO6/c1-15-9(12)7-3-2-6(16-5-11)4-8(7)10(13)14/h2-5H,1H3. The monoisotopic (exact) mass is 225 g/mol. The number of carbonyl (C=O) groups excluding carboxylic acids is 2. The number of nitro groups is 1. The van der Waals surface area contributed by atoms with Crippen LogP contribution in [0.25, 0.3) is 0 Å². The maximum atomic E-state index is 11.2. The molecule has 0 bridgehead atoms. The molecule has 1 aromatic carbocycles. The summed E-state index contributed by atoms with van der Waals surface area (Å²) in [5.74, 6) is -0.848. The lowest BCUT2D eigenvalue weighted by Gasteiger charge is -2.02. The average molecular weight is 225 g/mol. The third-order valence-electron chi connectivity index (χ3n) is 1.76. The van der Waals surface area contributed by atoms with Gasteiger partial charge in [-0.25, -0.2) is 4.79 Å². The first kappa shape index (κ1) is 11.6. The number of esters is 1. The number of carbonyl (C=O) groups is 2. The molecule has 0 aliphatic rings. The van der Waals surface area contributed by atoms with Gasteiger partial charge in [-0.05, 0) is 12.1 Å². The number of nitrogens with zero attached hydrogens (tertiary/aromatic N) is 1.